The highest BCUT2D eigenvalue weighted by Crippen LogP contribution is 2.32. The molecule has 5 rings (SSSR count). The number of nitrogens with one attached hydrogen (secondary N) is 2. The molecule has 8 nitrogen and oxygen atoms in total. The third-order valence-electron chi connectivity index (χ3n) is 7.41. The summed E-state index contributed by atoms with van der Waals surface area (Å²) < 4.78 is 32.3. The zero-order chi connectivity index (χ0) is 28.8. The maximum absolute atomic E-state index is 13.7. The van der Waals surface area contributed by atoms with Gasteiger partial charge in [0.05, 0.1) is 28.7 Å². The lowest BCUT2D eigenvalue weighted by atomic mass is 10.0. The predicted octanol–water partition coefficient (Wildman–Crippen LogP) is 4.68. The van der Waals surface area contributed by atoms with Gasteiger partial charge in [0, 0.05) is 57.9 Å². The Balaban J connectivity index is 1.34. The van der Waals surface area contributed by atoms with Gasteiger partial charge in [-0.25, -0.2) is 14.2 Å². The molecule has 1 saturated heterocycles. The van der Waals surface area contributed by atoms with Crippen molar-refractivity contribution in [1.82, 2.24) is 14.8 Å². The Kier molecular flexibility index (Phi) is 9.11. The maximum Gasteiger partial charge on any atom is 0.273 e. The summed E-state index contributed by atoms with van der Waals surface area (Å²) >= 11 is 0. The number of piperazine rings is 1. The van der Waals surface area contributed by atoms with Crippen molar-refractivity contribution in [3.05, 3.63) is 89.1 Å². The van der Waals surface area contributed by atoms with Crippen LogP contribution in [0.1, 0.15) is 27.9 Å². The summed E-state index contributed by atoms with van der Waals surface area (Å²) in [7, 11) is 3.80. The molecule has 0 saturated carbocycles. The molecule has 1 aliphatic heterocycles. The van der Waals surface area contributed by atoms with Crippen LogP contribution in [-0.2, 0) is 17.6 Å². The van der Waals surface area contributed by atoms with E-state index < -0.39 is 11.6 Å². The number of hydrogen-bond donors (Lipinski definition) is 2. The number of hydrogen-bond acceptors (Lipinski definition) is 6. The van der Waals surface area contributed by atoms with Crippen LogP contribution >= 0.6 is 0 Å². The molecule has 2 N–H and O–H groups in total. The number of carbonyl (C=O) groups excluding carboxylic acids is 1. The lowest BCUT2D eigenvalue weighted by Crippen LogP contribution is -2.45. The Morgan fingerprint density at radius 3 is 2.49 bits per heavy atom. The number of methoxy groups -OCH3 is 1. The largest absolute Gasteiger partial charge is 0.385 e. The monoisotopic (exact) mass is 562 g/mol. The summed E-state index contributed by atoms with van der Waals surface area (Å²) in [5, 5.41) is 8.78. The number of amides is 1. The van der Waals surface area contributed by atoms with Crippen LogP contribution in [0.2, 0.25) is 0 Å². The average molecular weight is 563 g/mol. The Bertz CT molecular complexity index is 1480. The first kappa shape index (κ1) is 28.5. The normalized spacial score (nSPS) is 14.0. The molecule has 1 amide bonds. The van der Waals surface area contributed by atoms with Crippen LogP contribution < -0.4 is 15.6 Å². The van der Waals surface area contributed by atoms with Crippen molar-refractivity contribution in [2.24, 2.45) is 0 Å². The average Bonchev–Trinajstić information content (AvgIpc) is 3.36. The SMILES string of the molecule is COCCCNc1cccc(C(=O)Nn2ncc3cc(CCc4cc(F)cc(F)c4)ccc32)c1N1CCN(C)CC1. The number of rotatable bonds is 11. The molecular weight excluding hydrogens is 526 g/mol. The second-order valence-electron chi connectivity index (χ2n) is 10.4. The van der Waals surface area contributed by atoms with Crippen molar-refractivity contribution in [3.63, 3.8) is 0 Å². The number of nitrogens with zero attached hydrogens (tertiary/aromatic N) is 4. The Morgan fingerprint density at radius 2 is 1.73 bits per heavy atom. The molecule has 1 aliphatic rings. The van der Waals surface area contributed by atoms with E-state index >= 15 is 0 Å². The van der Waals surface area contributed by atoms with E-state index in [1.807, 2.05) is 36.4 Å². The molecule has 10 heteroatoms. The molecule has 41 heavy (non-hydrogen) atoms. The van der Waals surface area contributed by atoms with Gasteiger partial charge < -0.3 is 19.9 Å². The van der Waals surface area contributed by atoms with Crippen molar-refractivity contribution in [2.75, 3.05) is 69.1 Å². The van der Waals surface area contributed by atoms with Crippen molar-refractivity contribution < 1.29 is 18.3 Å². The van der Waals surface area contributed by atoms with Crippen LogP contribution in [0.3, 0.4) is 0 Å². The van der Waals surface area contributed by atoms with Crippen LogP contribution in [0.15, 0.2) is 60.8 Å². The molecular formula is C31H36F2N6O2. The first-order valence-corrected chi connectivity index (χ1v) is 13.9. The Morgan fingerprint density at radius 1 is 0.976 bits per heavy atom. The topological polar surface area (TPSA) is 74.7 Å². The molecule has 0 spiro atoms. The molecule has 1 fully saturated rings. The number of halogens is 2. The number of likely N-dealkylation sites (N-methyl/N-ethyl adjacent to an activating group) is 1. The van der Waals surface area contributed by atoms with Gasteiger partial charge in [-0.1, -0.05) is 12.1 Å². The first-order valence-electron chi connectivity index (χ1n) is 13.9. The van der Waals surface area contributed by atoms with E-state index in [1.165, 1.54) is 16.9 Å². The zero-order valence-corrected chi connectivity index (χ0v) is 23.5. The molecule has 216 valence electrons. The quantitative estimate of drug-likeness (QED) is 0.259. The van der Waals surface area contributed by atoms with E-state index in [2.05, 4.69) is 32.7 Å². The van der Waals surface area contributed by atoms with Crippen LogP contribution in [0, 0.1) is 11.6 Å². The number of carbonyl (C=O) groups is 1. The Labute approximate surface area is 238 Å². The summed E-state index contributed by atoms with van der Waals surface area (Å²) in [6.45, 7) is 4.87. The minimum Gasteiger partial charge on any atom is -0.385 e. The fourth-order valence-corrected chi connectivity index (χ4v) is 5.21. The highest BCUT2D eigenvalue weighted by atomic mass is 19.1. The highest BCUT2D eigenvalue weighted by Gasteiger charge is 2.24. The molecule has 2 heterocycles. The van der Waals surface area contributed by atoms with Crippen LogP contribution in [0.25, 0.3) is 10.9 Å². The van der Waals surface area contributed by atoms with Gasteiger partial charge in [-0.3, -0.25) is 4.79 Å². The lowest BCUT2D eigenvalue weighted by molar-refractivity contribution is 0.101. The third-order valence-corrected chi connectivity index (χ3v) is 7.41. The number of para-hydroxylation sites is 1. The second kappa shape index (κ2) is 13.1. The van der Waals surface area contributed by atoms with Gasteiger partial charge in [0.2, 0.25) is 0 Å². The molecule has 4 aromatic rings. The molecule has 0 radical (unpaired) electrons. The number of aryl methyl sites for hydroxylation is 2. The van der Waals surface area contributed by atoms with E-state index in [0.717, 1.165) is 73.1 Å². The minimum absolute atomic E-state index is 0.248. The lowest BCUT2D eigenvalue weighted by Gasteiger charge is -2.36. The summed E-state index contributed by atoms with van der Waals surface area (Å²) in [5.41, 5.74) is 7.73. The minimum atomic E-state index is -0.573. The second-order valence-corrected chi connectivity index (χ2v) is 10.4. The third kappa shape index (κ3) is 7.01. The highest BCUT2D eigenvalue weighted by molar-refractivity contribution is 6.07. The smallest absolute Gasteiger partial charge is 0.273 e. The van der Waals surface area contributed by atoms with Crippen molar-refractivity contribution in [1.29, 1.82) is 0 Å². The Hall–Kier alpha value is -4.02. The van der Waals surface area contributed by atoms with E-state index in [4.69, 9.17) is 4.74 Å². The van der Waals surface area contributed by atoms with Crippen molar-refractivity contribution >= 4 is 28.2 Å². The summed E-state index contributed by atoms with van der Waals surface area (Å²) in [6.07, 6.45) is 3.69. The molecule has 0 bridgehead atoms. The van der Waals surface area contributed by atoms with Gasteiger partial charge >= 0.3 is 0 Å². The van der Waals surface area contributed by atoms with E-state index in [0.29, 0.717) is 30.6 Å². The summed E-state index contributed by atoms with van der Waals surface area (Å²) in [6, 6.07) is 15.2. The molecule has 0 atom stereocenters. The standard InChI is InChI=1S/C31H36F2N6O2/c1-37-12-14-38(15-13-37)30-27(5-3-6-28(30)34-11-4-16-41-2)31(40)36-39-29-10-9-22(17-24(29)21-35-39)7-8-23-18-25(32)20-26(33)19-23/h3,5-6,9-10,17-21,34H,4,7-8,11-16H2,1-2H3,(H,36,40). The number of aromatic nitrogens is 2. The maximum atomic E-state index is 13.7. The molecule has 0 unspecified atom stereocenters. The molecule has 0 aliphatic carbocycles. The van der Waals surface area contributed by atoms with E-state index in [-0.39, 0.29) is 5.91 Å². The van der Waals surface area contributed by atoms with E-state index in [1.54, 1.807) is 13.3 Å². The zero-order valence-electron chi connectivity index (χ0n) is 23.5. The molecule has 1 aromatic heterocycles. The number of anilines is 2. The van der Waals surface area contributed by atoms with Gasteiger partial charge in [0.25, 0.3) is 5.91 Å². The van der Waals surface area contributed by atoms with E-state index in [9.17, 15) is 13.6 Å². The number of ether oxygens (including phenoxy) is 1. The van der Waals surface area contributed by atoms with Gasteiger partial charge in [-0.2, -0.15) is 9.89 Å². The van der Waals surface area contributed by atoms with Gasteiger partial charge in [0.15, 0.2) is 0 Å². The van der Waals surface area contributed by atoms with Crippen molar-refractivity contribution in [3.8, 4) is 0 Å². The van der Waals surface area contributed by atoms with Crippen molar-refractivity contribution in [2.45, 2.75) is 19.3 Å². The van der Waals surface area contributed by atoms with Crippen LogP contribution in [0.4, 0.5) is 20.2 Å². The van der Waals surface area contributed by atoms with Gasteiger partial charge in [-0.05, 0) is 73.8 Å². The summed E-state index contributed by atoms with van der Waals surface area (Å²) in [5.74, 6) is -1.40. The molecule has 3 aromatic carbocycles. The number of benzene rings is 3. The first-order chi connectivity index (χ1) is 19.9. The van der Waals surface area contributed by atoms with Crippen LogP contribution in [0.5, 0.6) is 0 Å². The predicted molar refractivity (Wildman–Crippen MR) is 158 cm³/mol. The number of fused-ring (bicyclic) bond motifs is 1. The fourth-order valence-electron chi connectivity index (χ4n) is 5.21. The summed E-state index contributed by atoms with van der Waals surface area (Å²) in [4.78, 5) is 19.7. The van der Waals surface area contributed by atoms with Gasteiger partial charge in [0.1, 0.15) is 11.6 Å². The fraction of sp³-hybridized carbons (Fsp3) is 0.355. The van der Waals surface area contributed by atoms with Gasteiger partial charge in [-0.15, -0.1) is 0 Å². The van der Waals surface area contributed by atoms with Crippen LogP contribution in [-0.4, -0.2) is 74.2 Å².